The van der Waals surface area contributed by atoms with Crippen molar-refractivity contribution in [2.24, 2.45) is 0 Å². The Morgan fingerprint density at radius 1 is 1.00 bits per heavy atom. The van der Waals surface area contributed by atoms with Crippen molar-refractivity contribution in [3.8, 4) is 5.75 Å². The van der Waals surface area contributed by atoms with Crippen molar-refractivity contribution in [2.75, 3.05) is 55.4 Å². The molecule has 1 spiro atoms. The summed E-state index contributed by atoms with van der Waals surface area (Å²) in [4.78, 5) is 19.4. The van der Waals surface area contributed by atoms with E-state index < -0.39 is 15.4 Å². The van der Waals surface area contributed by atoms with Gasteiger partial charge in [-0.1, -0.05) is 0 Å². The Morgan fingerprint density at radius 2 is 1.68 bits per heavy atom. The van der Waals surface area contributed by atoms with Crippen LogP contribution in [0, 0.1) is 0 Å². The molecule has 3 fully saturated rings. The molecule has 1 amide bonds. The van der Waals surface area contributed by atoms with Crippen LogP contribution >= 0.6 is 0 Å². The van der Waals surface area contributed by atoms with E-state index in [9.17, 15) is 13.2 Å². The molecular formula is C28H37N3O5S. The number of amides is 1. The number of hydrogen-bond acceptors (Lipinski definition) is 7. The van der Waals surface area contributed by atoms with E-state index in [0.29, 0.717) is 18.3 Å². The average molecular weight is 528 g/mol. The van der Waals surface area contributed by atoms with Crippen LogP contribution in [0.4, 0.5) is 16.2 Å². The molecule has 0 aromatic heterocycles. The number of carbonyl (C=O) groups excluding carboxylic acids is 1. The molecule has 200 valence electrons. The van der Waals surface area contributed by atoms with Gasteiger partial charge in [0.2, 0.25) is 0 Å². The molecule has 3 aliphatic heterocycles. The monoisotopic (exact) mass is 527 g/mol. The van der Waals surface area contributed by atoms with Crippen LogP contribution in [0.25, 0.3) is 0 Å². The molecule has 8 nitrogen and oxygen atoms in total. The third-order valence-corrected chi connectivity index (χ3v) is 9.10. The van der Waals surface area contributed by atoms with Crippen LogP contribution in [0.3, 0.4) is 0 Å². The molecule has 3 heterocycles. The number of carbonyl (C=O) groups is 1. The van der Waals surface area contributed by atoms with Gasteiger partial charge in [-0.2, -0.15) is 0 Å². The average Bonchev–Trinajstić information content (AvgIpc) is 3.44. The van der Waals surface area contributed by atoms with E-state index in [1.165, 1.54) is 37.8 Å². The molecule has 0 bridgehead atoms. The van der Waals surface area contributed by atoms with Crippen LogP contribution in [-0.4, -0.2) is 76.6 Å². The van der Waals surface area contributed by atoms with E-state index in [0.717, 1.165) is 56.9 Å². The Kier molecular flexibility index (Phi) is 7.36. The summed E-state index contributed by atoms with van der Waals surface area (Å²) >= 11 is 0. The lowest BCUT2D eigenvalue weighted by atomic mass is 9.91. The molecule has 9 heteroatoms. The molecule has 0 N–H and O–H groups in total. The molecule has 0 radical (unpaired) electrons. The predicted molar refractivity (Wildman–Crippen MR) is 144 cm³/mol. The maximum atomic E-state index is 12.7. The molecule has 2 aromatic carbocycles. The number of sulfone groups is 1. The second-order valence-electron chi connectivity index (χ2n) is 10.6. The topological polar surface area (TPSA) is 79.4 Å². The van der Waals surface area contributed by atoms with Gasteiger partial charge in [0.25, 0.3) is 0 Å². The fourth-order valence-electron chi connectivity index (χ4n) is 5.66. The first-order valence-electron chi connectivity index (χ1n) is 13.3. The van der Waals surface area contributed by atoms with Gasteiger partial charge in [-0.3, -0.25) is 4.90 Å². The fraction of sp³-hybridized carbons (Fsp3) is 0.536. The largest absolute Gasteiger partial charge is 0.494 e. The van der Waals surface area contributed by atoms with Crippen LogP contribution < -0.4 is 14.5 Å². The van der Waals surface area contributed by atoms with E-state index in [-0.39, 0.29) is 11.0 Å². The zero-order chi connectivity index (χ0) is 26.0. The van der Waals surface area contributed by atoms with Gasteiger partial charge in [-0.05, 0) is 81.3 Å². The number of likely N-dealkylation sites (tertiary alicyclic amines) is 1. The smallest absolute Gasteiger partial charge is 0.415 e. The summed E-state index contributed by atoms with van der Waals surface area (Å²) in [6, 6.07) is 15.4. The van der Waals surface area contributed by atoms with E-state index >= 15 is 0 Å². The zero-order valence-corrected chi connectivity index (χ0v) is 22.6. The molecule has 37 heavy (non-hydrogen) atoms. The van der Waals surface area contributed by atoms with Crippen LogP contribution in [0.2, 0.25) is 0 Å². The molecule has 0 unspecified atom stereocenters. The standard InChI is InChI=1S/C28H37N3O5S/c1-22-5-3-16-29(22)17-4-20-35-25-10-6-23(7-11-25)30-18-14-28(15-19-30)21-31(27(32)36-28)24-8-12-26(13-9-24)37(2,33)34/h6-13,22H,3-5,14-21H2,1-2H3/t22-/m1/s1. The molecule has 5 rings (SSSR count). The Labute approximate surface area is 220 Å². The van der Waals surface area contributed by atoms with Crippen molar-refractivity contribution in [1.29, 1.82) is 0 Å². The third-order valence-electron chi connectivity index (χ3n) is 7.97. The second kappa shape index (κ2) is 10.5. The first-order chi connectivity index (χ1) is 17.7. The minimum absolute atomic E-state index is 0.236. The predicted octanol–water partition coefficient (Wildman–Crippen LogP) is 4.34. The molecule has 0 aliphatic carbocycles. The van der Waals surface area contributed by atoms with Gasteiger partial charge >= 0.3 is 6.09 Å². The van der Waals surface area contributed by atoms with Crippen LogP contribution in [0.5, 0.6) is 5.75 Å². The van der Waals surface area contributed by atoms with Gasteiger partial charge in [-0.25, -0.2) is 13.2 Å². The van der Waals surface area contributed by atoms with Crippen molar-refractivity contribution in [3.63, 3.8) is 0 Å². The minimum atomic E-state index is -3.28. The van der Waals surface area contributed by atoms with Crippen molar-refractivity contribution >= 4 is 27.3 Å². The van der Waals surface area contributed by atoms with Crippen LogP contribution in [-0.2, 0) is 14.6 Å². The minimum Gasteiger partial charge on any atom is -0.494 e. The summed E-state index contributed by atoms with van der Waals surface area (Å²) < 4.78 is 35.3. The molecule has 2 aromatic rings. The number of ether oxygens (including phenoxy) is 2. The first-order valence-corrected chi connectivity index (χ1v) is 15.1. The lowest BCUT2D eigenvalue weighted by Crippen LogP contribution is -2.47. The van der Waals surface area contributed by atoms with Gasteiger partial charge in [0.1, 0.15) is 11.4 Å². The molecule has 3 aliphatic rings. The summed E-state index contributed by atoms with van der Waals surface area (Å²) in [7, 11) is -3.28. The fourth-order valence-corrected chi connectivity index (χ4v) is 6.29. The summed E-state index contributed by atoms with van der Waals surface area (Å²) in [6.45, 7) is 7.41. The van der Waals surface area contributed by atoms with Gasteiger partial charge in [0.15, 0.2) is 9.84 Å². The summed E-state index contributed by atoms with van der Waals surface area (Å²) in [5, 5.41) is 0. The van der Waals surface area contributed by atoms with Crippen molar-refractivity contribution < 1.29 is 22.7 Å². The quantitative estimate of drug-likeness (QED) is 0.473. The summed E-state index contributed by atoms with van der Waals surface area (Å²) in [5.74, 6) is 0.897. The Bertz CT molecular complexity index is 1190. The first kappa shape index (κ1) is 25.9. The number of nitrogens with zero attached hydrogens (tertiary/aromatic N) is 3. The SMILES string of the molecule is C[C@@H]1CCCN1CCCOc1ccc(N2CCC3(CC2)CN(c2ccc(S(C)(=O)=O)cc2)C(=O)O3)cc1. The van der Waals surface area contributed by atoms with Gasteiger partial charge in [0, 0.05) is 56.1 Å². The molecule has 3 saturated heterocycles. The van der Waals surface area contributed by atoms with Crippen LogP contribution in [0.1, 0.15) is 39.0 Å². The number of benzene rings is 2. The highest BCUT2D eigenvalue weighted by Gasteiger charge is 2.47. The van der Waals surface area contributed by atoms with Crippen molar-refractivity contribution in [3.05, 3.63) is 48.5 Å². The van der Waals surface area contributed by atoms with Crippen LogP contribution in [0.15, 0.2) is 53.4 Å². The van der Waals surface area contributed by atoms with Crippen molar-refractivity contribution in [2.45, 2.75) is 55.6 Å². The lowest BCUT2D eigenvalue weighted by Gasteiger charge is -2.38. The van der Waals surface area contributed by atoms with Crippen molar-refractivity contribution in [1.82, 2.24) is 4.90 Å². The second-order valence-corrected chi connectivity index (χ2v) is 12.6. The number of anilines is 2. The zero-order valence-electron chi connectivity index (χ0n) is 21.8. The third kappa shape index (κ3) is 5.88. The van der Waals surface area contributed by atoms with E-state index in [1.54, 1.807) is 17.0 Å². The van der Waals surface area contributed by atoms with Gasteiger partial charge in [0.05, 0.1) is 18.0 Å². The maximum Gasteiger partial charge on any atom is 0.415 e. The highest BCUT2D eigenvalue weighted by molar-refractivity contribution is 7.90. The normalized spacial score (nSPS) is 22.0. The number of rotatable bonds is 8. The number of piperidine rings is 1. The molecular weight excluding hydrogens is 490 g/mol. The van der Waals surface area contributed by atoms with Gasteiger partial charge in [-0.15, -0.1) is 0 Å². The summed E-state index contributed by atoms with van der Waals surface area (Å²) in [6.07, 6.45) is 5.93. The van der Waals surface area contributed by atoms with E-state index in [4.69, 9.17) is 9.47 Å². The molecule has 0 saturated carbocycles. The van der Waals surface area contributed by atoms with E-state index in [1.807, 2.05) is 12.1 Å². The highest BCUT2D eigenvalue weighted by Crippen LogP contribution is 2.37. The Morgan fingerprint density at radius 3 is 2.30 bits per heavy atom. The Hall–Kier alpha value is -2.78. The van der Waals surface area contributed by atoms with E-state index in [2.05, 4.69) is 28.9 Å². The van der Waals surface area contributed by atoms with Gasteiger partial charge < -0.3 is 19.3 Å². The lowest BCUT2D eigenvalue weighted by molar-refractivity contribution is 0.0367. The highest BCUT2D eigenvalue weighted by atomic mass is 32.2. The summed E-state index contributed by atoms with van der Waals surface area (Å²) in [5.41, 5.74) is 1.28. The Balaban J connectivity index is 1.11. The molecule has 1 atom stereocenters. The number of hydrogen-bond donors (Lipinski definition) is 0. The maximum absolute atomic E-state index is 12.7.